The highest BCUT2D eigenvalue weighted by Gasteiger charge is 2.04. The first-order valence-corrected chi connectivity index (χ1v) is 9.95. The molecule has 150 valence electrons. The van der Waals surface area contributed by atoms with Gasteiger partial charge in [-0.2, -0.15) is 0 Å². The van der Waals surface area contributed by atoms with Gasteiger partial charge in [-0.05, 0) is 76.6 Å². The molecule has 0 aromatic heterocycles. The molecule has 0 bridgehead atoms. The first-order valence-electron chi connectivity index (χ1n) is 9.95. The van der Waals surface area contributed by atoms with E-state index in [0.29, 0.717) is 12.1 Å². The number of anilines is 1. The van der Waals surface area contributed by atoms with E-state index in [1.54, 1.807) is 0 Å². The van der Waals surface area contributed by atoms with Crippen LogP contribution in [0.4, 0.5) is 5.69 Å². The monoisotopic (exact) mass is 365 g/mol. The van der Waals surface area contributed by atoms with Crippen molar-refractivity contribution in [3.8, 4) is 0 Å². The Kier molecular flexibility index (Phi) is 17.0. The highest BCUT2D eigenvalue weighted by atomic mass is 16.1. The van der Waals surface area contributed by atoms with Crippen LogP contribution in [0.25, 0.3) is 0 Å². The standard InChI is InChI=1S/C18H33N5O.C2H6/c1-20-17-8-4-7-16(15-17)18(24)23-14-6-13-22-11-3-2-10-21-12-5-9-19;1-2/h4,7-8,15,20-22H,2-3,5-6,9-14,19H2,1H3,(H,23,24);1-2H3. The van der Waals surface area contributed by atoms with E-state index in [-0.39, 0.29) is 5.91 Å². The van der Waals surface area contributed by atoms with Crippen molar-refractivity contribution in [1.29, 1.82) is 0 Å². The zero-order chi connectivity index (χ0) is 19.5. The van der Waals surface area contributed by atoms with Crippen LogP contribution in [0.15, 0.2) is 24.3 Å². The Hall–Kier alpha value is -1.63. The molecule has 1 aromatic rings. The van der Waals surface area contributed by atoms with Gasteiger partial charge in [0.2, 0.25) is 0 Å². The van der Waals surface area contributed by atoms with Gasteiger partial charge in [-0.3, -0.25) is 4.79 Å². The van der Waals surface area contributed by atoms with Gasteiger partial charge < -0.3 is 27.0 Å². The Morgan fingerprint density at radius 3 is 2.15 bits per heavy atom. The van der Waals surface area contributed by atoms with Crippen LogP contribution in [0.2, 0.25) is 0 Å². The van der Waals surface area contributed by atoms with E-state index in [1.165, 1.54) is 12.8 Å². The third-order valence-corrected chi connectivity index (χ3v) is 3.74. The maximum absolute atomic E-state index is 12.0. The van der Waals surface area contributed by atoms with Crippen LogP contribution in [0, 0.1) is 0 Å². The molecule has 0 spiro atoms. The van der Waals surface area contributed by atoms with Gasteiger partial charge in [-0.25, -0.2) is 0 Å². The molecular weight excluding hydrogens is 326 g/mol. The second kappa shape index (κ2) is 18.2. The predicted molar refractivity (Wildman–Crippen MR) is 113 cm³/mol. The lowest BCUT2D eigenvalue weighted by Crippen LogP contribution is -2.28. The summed E-state index contributed by atoms with van der Waals surface area (Å²) in [6.07, 6.45) is 4.32. The molecule has 0 heterocycles. The third-order valence-electron chi connectivity index (χ3n) is 3.74. The molecule has 1 aromatic carbocycles. The zero-order valence-electron chi connectivity index (χ0n) is 16.9. The molecule has 0 aliphatic carbocycles. The molecule has 0 radical (unpaired) electrons. The lowest BCUT2D eigenvalue weighted by Gasteiger charge is -2.08. The Morgan fingerprint density at radius 1 is 0.923 bits per heavy atom. The van der Waals surface area contributed by atoms with Gasteiger partial charge in [0.15, 0.2) is 0 Å². The van der Waals surface area contributed by atoms with E-state index in [9.17, 15) is 4.79 Å². The number of hydrogen-bond acceptors (Lipinski definition) is 5. The molecule has 0 fully saturated rings. The van der Waals surface area contributed by atoms with Crippen molar-refractivity contribution >= 4 is 11.6 Å². The Morgan fingerprint density at radius 2 is 1.54 bits per heavy atom. The van der Waals surface area contributed by atoms with E-state index in [0.717, 1.165) is 51.3 Å². The summed E-state index contributed by atoms with van der Waals surface area (Å²) in [4.78, 5) is 12.0. The Labute approximate surface area is 159 Å². The summed E-state index contributed by atoms with van der Waals surface area (Å²) in [5.41, 5.74) is 7.07. The Bertz CT molecular complexity index is 454. The van der Waals surface area contributed by atoms with Crippen LogP contribution in [0.5, 0.6) is 0 Å². The van der Waals surface area contributed by atoms with Gasteiger partial charge in [0.1, 0.15) is 0 Å². The fraction of sp³-hybridized carbons (Fsp3) is 0.650. The molecule has 1 amide bonds. The third kappa shape index (κ3) is 12.7. The molecule has 0 saturated carbocycles. The van der Waals surface area contributed by atoms with Crippen LogP contribution < -0.4 is 27.0 Å². The number of nitrogens with two attached hydrogens (primary N) is 1. The highest BCUT2D eigenvalue weighted by Crippen LogP contribution is 2.09. The second-order valence-electron chi connectivity index (χ2n) is 5.79. The summed E-state index contributed by atoms with van der Waals surface area (Å²) >= 11 is 0. The Balaban J connectivity index is 0.00000301. The molecule has 0 saturated heterocycles. The van der Waals surface area contributed by atoms with Crippen molar-refractivity contribution < 1.29 is 4.79 Å². The summed E-state index contributed by atoms with van der Waals surface area (Å²) in [5, 5.41) is 12.8. The van der Waals surface area contributed by atoms with Crippen molar-refractivity contribution in [3.05, 3.63) is 29.8 Å². The lowest BCUT2D eigenvalue weighted by molar-refractivity contribution is 0.0953. The second-order valence-corrected chi connectivity index (χ2v) is 5.79. The van der Waals surface area contributed by atoms with Crippen LogP contribution in [0.1, 0.15) is 49.9 Å². The van der Waals surface area contributed by atoms with E-state index >= 15 is 0 Å². The van der Waals surface area contributed by atoms with E-state index in [4.69, 9.17) is 5.73 Å². The molecule has 6 nitrogen and oxygen atoms in total. The lowest BCUT2D eigenvalue weighted by atomic mass is 10.2. The number of carbonyl (C=O) groups is 1. The molecule has 0 unspecified atom stereocenters. The maximum atomic E-state index is 12.0. The number of amides is 1. The van der Waals surface area contributed by atoms with E-state index in [1.807, 2.05) is 45.2 Å². The topological polar surface area (TPSA) is 91.2 Å². The van der Waals surface area contributed by atoms with Crippen molar-refractivity contribution in [1.82, 2.24) is 16.0 Å². The number of unbranched alkanes of at least 4 members (excludes halogenated alkanes) is 1. The number of benzene rings is 1. The molecule has 26 heavy (non-hydrogen) atoms. The quantitative estimate of drug-likeness (QED) is 0.326. The fourth-order valence-electron chi connectivity index (χ4n) is 2.31. The van der Waals surface area contributed by atoms with Gasteiger partial charge in [0, 0.05) is 24.8 Å². The van der Waals surface area contributed by atoms with Crippen LogP contribution >= 0.6 is 0 Å². The van der Waals surface area contributed by atoms with Crippen molar-refractivity contribution in [3.63, 3.8) is 0 Å². The number of hydrogen-bond donors (Lipinski definition) is 5. The molecule has 0 aliphatic rings. The molecule has 6 heteroatoms. The van der Waals surface area contributed by atoms with Gasteiger partial charge >= 0.3 is 0 Å². The maximum Gasteiger partial charge on any atom is 0.251 e. The van der Waals surface area contributed by atoms with Gasteiger partial charge in [0.05, 0.1) is 0 Å². The number of rotatable bonds is 14. The summed E-state index contributed by atoms with van der Waals surface area (Å²) in [6.45, 7) is 9.47. The SMILES string of the molecule is CC.CNc1cccc(C(=O)NCCCNCCCCNCCCN)c1. The van der Waals surface area contributed by atoms with Gasteiger partial charge in [-0.15, -0.1) is 0 Å². The summed E-state index contributed by atoms with van der Waals surface area (Å²) in [5.74, 6) is -0.0179. The predicted octanol–water partition coefficient (Wildman–Crippen LogP) is 2.18. The van der Waals surface area contributed by atoms with Crippen LogP contribution in [0.3, 0.4) is 0 Å². The van der Waals surface area contributed by atoms with Crippen LogP contribution in [-0.4, -0.2) is 52.2 Å². The zero-order valence-corrected chi connectivity index (χ0v) is 16.9. The number of nitrogens with one attached hydrogen (secondary N) is 4. The summed E-state index contributed by atoms with van der Waals surface area (Å²) < 4.78 is 0. The summed E-state index contributed by atoms with van der Waals surface area (Å²) in [7, 11) is 1.85. The number of carbonyl (C=O) groups excluding carboxylic acids is 1. The molecule has 0 aliphatic heterocycles. The highest BCUT2D eigenvalue weighted by molar-refractivity contribution is 5.95. The van der Waals surface area contributed by atoms with Crippen molar-refractivity contribution in [2.24, 2.45) is 5.73 Å². The molecule has 6 N–H and O–H groups in total. The van der Waals surface area contributed by atoms with Crippen molar-refractivity contribution in [2.45, 2.75) is 39.5 Å². The average Bonchev–Trinajstić information content (AvgIpc) is 2.70. The molecule has 1 rings (SSSR count). The minimum absolute atomic E-state index is 0.0179. The largest absolute Gasteiger partial charge is 0.388 e. The van der Waals surface area contributed by atoms with Crippen molar-refractivity contribution in [2.75, 3.05) is 51.6 Å². The normalized spacial score (nSPS) is 10.0. The first kappa shape index (κ1) is 24.4. The molecule has 0 atom stereocenters. The average molecular weight is 366 g/mol. The molecular formula is C20H39N5O. The van der Waals surface area contributed by atoms with E-state index < -0.39 is 0 Å². The van der Waals surface area contributed by atoms with Gasteiger partial charge in [-0.1, -0.05) is 19.9 Å². The van der Waals surface area contributed by atoms with Crippen LogP contribution in [-0.2, 0) is 0 Å². The fourth-order valence-corrected chi connectivity index (χ4v) is 2.31. The first-order chi connectivity index (χ1) is 12.8. The minimum atomic E-state index is -0.0179. The smallest absolute Gasteiger partial charge is 0.251 e. The van der Waals surface area contributed by atoms with E-state index in [2.05, 4.69) is 21.3 Å². The summed E-state index contributed by atoms with van der Waals surface area (Å²) in [6, 6.07) is 7.51. The van der Waals surface area contributed by atoms with Gasteiger partial charge in [0.25, 0.3) is 5.91 Å². The minimum Gasteiger partial charge on any atom is -0.388 e.